The van der Waals surface area contributed by atoms with E-state index in [1.54, 1.807) is 12.4 Å². The summed E-state index contributed by atoms with van der Waals surface area (Å²) in [4.78, 5) is 27.7. The van der Waals surface area contributed by atoms with E-state index in [4.69, 9.17) is 4.42 Å². The van der Waals surface area contributed by atoms with E-state index in [2.05, 4.69) is 25.6 Å². The highest BCUT2D eigenvalue weighted by molar-refractivity contribution is 5.86. The lowest BCUT2D eigenvalue weighted by Gasteiger charge is -2.36. The maximum absolute atomic E-state index is 12.3. The second kappa shape index (κ2) is 8.02. The van der Waals surface area contributed by atoms with Gasteiger partial charge in [0.1, 0.15) is 6.04 Å². The molecule has 1 aliphatic carbocycles. The summed E-state index contributed by atoms with van der Waals surface area (Å²) < 4.78 is 6.08. The number of nitrogens with zero attached hydrogens (tertiary/aromatic N) is 4. The number of piperazine rings is 1. The molecule has 1 saturated carbocycles. The maximum Gasteiger partial charge on any atom is 0.298 e. The van der Waals surface area contributed by atoms with Gasteiger partial charge >= 0.3 is 0 Å². The number of hydrogen-bond donors (Lipinski definition) is 2. The van der Waals surface area contributed by atoms with Gasteiger partial charge in [-0.15, -0.1) is 0 Å². The average molecular weight is 419 g/mol. The van der Waals surface area contributed by atoms with Gasteiger partial charge in [-0.2, -0.15) is 0 Å². The van der Waals surface area contributed by atoms with Gasteiger partial charge in [0.25, 0.3) is 6.01 Å². The molecule has 2 aromatic heterocycles. The van der Waals surface area contributed by atoms with Crippen LogP contribution in [0.25, 0.3) is 11.3 Å². The van der Waals surface area contributed by atoms with Crippen LogP contribution in [0.2, 0.25) is 0 Å². The second-order valence-electron chi connectivity index (χ2n) is 8.47. The van der Waals surface area contributed by atoms with E-state index in [1.807, 2.05) is 49.1 Å². The summed E-state index contributed by atoms with van der Waals surface area (Å²) in [6.45, 7) is 5.31. The molecule has 3 aromatic rings. The van der Waals surface area contributed by atoms with E-state index in [1.165, 1.54) is 12.8 Å². The van der Waals surface area contributed by atoms with Gasteiger partial charge in [0, 0.05) is 42.1 Å². The predicted molar refractivity (Wildman–Crippen MR) is 118 cm³/mol. The first kappa shape index (κ1) is 19.5. The van der Waals surface area contributed by atoms with E-state index < -0.39 is 0 Å². The first-order valence-corrected chi connectivity index (χ1v) is 10.8. The Morgan fingerprint density at radius 1 is 1.23 bits per heavy atom. The van der Waals surface area contributed by atoms with Crippen LogP contribution in [0, 0.1) is 5.92 Å². The molecular weight excluding hydrogens is 392 g/mol. The summed E-state index contributed by atoms with van der Waals surface area (Å²) in [7, 11) is 0. The Hall–Kier alpha value is -3.42. The van der Waals surface area contributed by atoms with Crippen molar-refractivity contribution in [2.45, 2.75) is 38.6 Å². The number of nitrogens with one attached hydrogen (secondary N) is 2. The number of aromatic nitrogens is 3. The highest BCUT2D eigenvalue weighted by Crippen LogP contribution is 2.39. The number of carbonyl (C=O) groups excluding carboxylic acids is 1. The first-order valence-electron chi connectivity index (χ1n) is 10.8. The molecule has 1 saturated heterocycles. The molecular formula is C23H26N6O2. The fraction of sp³-hybridized carbons (Fsp3) is 0.391. The first-order chi connectivity index (χ1) is 15.1. The fourth-order valence-electron chi connectivity index (χ4n) is 4.01. The zero-order valence-electron chi connectivity index (χ0n) is 17.7. The van der Waals surface area contributed by atoms with Gasteiger partial charge in [-0.3, -0.25) is 4.79 Å². The van der Waals surface area contributed by atoms with Crippen molar-refractivity contribution < 1.29 is 9.21 Å². The summed E-state index contributed by atoms with van der Waals surface area (Å²) in [5.41, 5.74) is 2.87. The monoisotopic (exact) mass is 418 g/mol. The summed E-state index contributed by atoms with van der Waals surface area (Å²) >= 11 is 0. The largest absolute Gasteiger partial charge is 0.423 e. The van der Waals surface area contributed by atoms with Gasteiger partial charge in [-0.25, -0.2) is 15.0 Å². The topological polar surface area (TPSA) is 96.2 Å². The number of oxazole rings is 1. The molecule has 8 heteroatoms. The molecule has 2 aliphatic rings. The van der Waals surface area contributed by atoms with Crippen molar-refractivity contribution in [3.05, 3.63) is 48.4 Å². The number of amides is 1. The van der Waals surface area contributed by atoms with Crippen molar-refractivity contribution in [1.29, 1.82) is 0 Å². The minimum absolute atomic E-state index is 0.0145. The molecule has 3 heterocycles. The molecule has 2 N–H and O–H groups in total. The number of anilines is 3. The quantitative estimate of drug-likeness (QED) is 0.630. The molecule has 31 heavy (non-hydrogen) atoms. The van der Waals surface area contributed by atoms with E-state index in [-0.39, 0.29) is 17.9 Å². The van der Waals surface area contributed by atoms with Gasteiger partial charge in [-0.1, -0.05) is 26.0 Å². The van der Waals surface area contributed by atoms with Crippen LogP contribution < -0.4 is 15.5 Å². The smallest absolute Gasteiger partial charge is 0.298 e. The molecule has 1 amide bonds. The summed E-state index contributed by atoms with van der Waals surface area (Å²) in [5, 5.41) is 6.21. The van der Waals surface area contributed by atoms with Crippen molar-refractivity contribution >= 4 is 23.6 Å². The predicted octanol–water partition coefficient (Wildman–Crippen LogP) is 3.71. The molecule has 1 aliphatic heterocycles. The molecule has 0 bridgehead atoms. The Morgan fingerprint density at radius 2 is 2.10 bits per heavy atom. The van der Waals surface area contributed by atoms with Crippen LogP contribution in [-0.4, -0.2) is 40.0 Å². The molecule has 0 radical (unpaired) electrons. The lowest BCUT2D eigenvalue weighted by molar-refractivity contribution is -0.124. The van der Waals surface area contributed by atoms with Crippen LogP contribution in [0.15, 0.2) is 47.1 Å². The third-order valence-corrected chi connectivity index (χ3v) is 5.70. The minimum Gasteiger partial charge on any atom is -0.423 e. The van der Waals surface area contributed by atoms with E-state index in [0.717, 1.165) is 16.9 Å². The zero-order valence-corrected chi connectivity index (χ0v) is 17.7. The lowest BCUT2D eigenvalue weighted by Crippen LogP contribution is -2.57. The van der Waals surface area contributed by atoms with Gasteiger partial charge in [0.15, 0.2) is 5.76 Å². The lowest BCUT2D eigenvalue weighted by atomic mass is 10.0. The van der Waals surface area contributed by atoms with E-state index in [9.17, 15) is 4.79 Å². The highest BCUT2D eigenvalue weighted by Gasteiger charge is 2.34. The number of hydrogen-bond acceptors (Lipinski definition) is 7. The van der Waals surface area contributed by atoms with Gasteiger partial charge in [0.2, 0.25) is 11.9 Å². The van der Waals surface area contributed by atoms with Crippen molar-refractivity contribution in [1.82, 2.24) is 20.3 Å². The van der Waals surface area contributed by atoms with Crippen molar-refractivity contribution in [3.8, 4) is 11.3 Å². The van der Waals surface area contributed by atoms with Gasteiger partial charge in [0.05, 0.1) is 6.20 Å². The second-order valence-corrected chi connectivity index (χ2v) is 8.47. The third kappa shape index (κ3) is 4.10. The Balaban J connectivity index is 1.36. The van der Waals surface area contributed by atoms with Gasteiger partial charge in [-0.05, 0) is 37.0 Å². The number of rotatable bonds is 6. The Bertz CT molecular complexity index is 1090. The maximum atomic E-state index is 12.3. The fourth-order valence-corrected chi connectivity index (χ4v) is 4.01. The van der Waals surface area contributed by atoms with Crippen molar-refractivity contribution in [2.75, 3.05) is 23.3 Å². The molecule has 8 nitrogen and oxygen atoms in total. The molecule has 160 valence electrons. The van der Waals surface area contributed by atoms with Crippen LogP contribution in [0.3, 0.4) is 0 Å². The molecule has 2 fully saturated rings. The molecule has 5 rings (SSSR count). The number of carbonyl (C=O) groups is 1. The Kier molecular flexibility index (Phi) is 5.05. The van der Waals surface area contributed by atoms with E-state index in [0.29, 0.717) is 36.7 Å². The Morgan fingerprint density at radius 3 is 2.90 bits per heavy atom. The van der Waals surface area contributed by atoms with Crippen LogP contribution in [-0.2, 0) is 4.79 Å². The molecule has 1 atom stereocenters. The Labute approximate surface area is 181 Å². The van der Waals surface area contributed by atoms with E-state index >= 15 is 0 Å². The molecule has 1 aromatic carbocycles. The summed E-state index contributed by atoms with van der Waals surface area (Å²) in [6, 6.07) is 10.1. The summed E-state index contributed by atoms with van der Waals surface area (Å²) in [5.74, 6) is 1.99. The highest BCUT2D eigenvalue weighted by atomic mass is 16.4. The van der Waals surface area contributed by atoms with Crippen LogP contribution in [0.1, 0.15) is 38.3 Å². The van der Waals surface area contributed by atoms with Gasteiger partial charge < -0.3 is 20.0 Å². The molecule has 0 spiro atoms. The third-order valence-electron chi connectivity index (χ3n) is 5.70. The average Bonchev–Trinajstić information content (AvgIpc) is 3.50. The van der Waals surface area contributed by atoms with Crippen LogP contribution >= 0.6 is 0 Å². The minimum atomic E-state index is -0.288. The van der Waals surface area contributed by atoms with Crippen LogP contribution in [0.4, 0.5) is 17.7 Å². The summed E-state index contributed by atoms with van der Waals surface area (Å²) in [6.07, 6.45) is 5.92. The van der Waals surface area contributed by atoms with Crippen LogP contribution in [0.5, 0.6) is 0 Å². The number of benzene rings is 1. The normalized spacial score (nSPS) is 18.9. The molecule has 1 unspecified atom stereocenters. The standard InChI is InChI=1S/C23H26N6O2/c1-14(2)20-21(30)24-10-11-29(20)23-26-13-19(31-23)16-4-3-5-17(12-16)27-22-25-9-8-18(28-22)15-6-7-15/h3-5,8-9,12-15,20H,6-7,10-11H2,1-2H3,(H,24,30)(H,25,27,28). The SMILES string of the molecule is CC(C)C1C(=O)NCCN1c1ncc(-c2cccc(Nc3nccc(C4CC4)n3)c2)o1. The van der Waals surface area contributed by atoms with Crippen molar-refractivity contribution in [3.63, 3.8) is 0 Å². The van der Waals surface area contributed by atoms with Crippen molar-refractivity contribution in [2.24, 2.45) is 5.92 Å². The zero-order chi connectivity index (χ0) is 21.4.